The molecule has 0 saturated carbocycles. The van der Waals surface area contributed by atoms with E-state index < -0.39 is 6.03 Å². The van der Waals surface area contributed by atoms with Crippen molar-refractivity contribution in [1.29, 1.82) is 0 Å². The minimum atomic E-state index is -0.593. The average Bonchev–Trinajstić information content (AvgIpc) is 2.68. The quantitative estimate of drug-likeness (QED) is 0.803. The predicted molar refractivity (Wildman–Crippen MR) is 109 cm³/mol. The molecule has 1 aliphatic carbocycles. The molecule has 1 heterocycles. The van der Waals surface area contributed by atoms with Crippen LogP contribution in [0.1, 0.15) is 22.7 Å². The van der Waals surface area contributed by atoms with Gasteiger partial charge in [-0.2, -0.15) is 0 Å². The van der Waals surface area contributed by atoms with Gasteiger partial charge in [0.25, 0.3) is 0 Å². The van der Waals surface area contributed by atoms with E-state index in [0.717, 1.165) is 30.5 Å². The maximum absolute atomic E-state index is 11.3. The number of nitrogens with zero attached hydrogens (tertiary/aromatic N) is 1. The molecule has 2 amide bonds. The molecule has 6 heteroatoms. The molecule has 3 N–H and O–H groups in total. The average molecular weight is 377 g/mol. The number of rotatable bonds is 4. The Morgan fingerprint density at radius 3 is 2.93 bits per heavy atom. The second-order valence-electron chi connectivity index (χ2n) is 7.16. The highest BCUT2D eigenvalue weighted by molar-refractivity contribution is 5.91. The Morgan fingerprint density at radius 1 is 1.39 bits per heavy atom. The van der Waals surface area contributed by atoms with E-state index in [-0.39, 0.29) is 12.6 Å². The molecule has 144 valence electrons. The fraction of sp³-hybridized carbons (Fsp3) is 0.318. The zero-order valence-corrected chi connectivity index (χ0v) is 16.0. The Labute approximate surface area is 164 Å². The van der Waals surface area contributed by atoms with E-state index in [1.54, 1.807) is 7.11 Å². The Morgan fingerprint density at radius 2 is 2.21 bits per heavy atom. The summed E-state index contributed by atoms with van der Waals surface area (Å²) in [7, 11) is 3.79. The first-order chi connectivity index (χ1) is 13.5. The van der Waals surface area contributed by atoms with Gasteiger partial charge in [0.05, 0.1) is 7.11 Å². The van der Waals surface area contributed by atoms with Crippen LogP contribution in [-0.2, 0) is 12.8 Å². The van der Waals surface area contributed by atoms with Gasteiger partial charge < -0.3 is 20.5 Å². The first-order valence-corrected chi connectivity index (χ1v) is 9.23. The lowest BCUT2D eigenvalue weighted by Gasteiger charge is -2.40. The lowest BCUT2D eigenvalue weighted by atomic mass is 9.76. The molecule has 0 saturated heterocycles. The zero-order chi connectivity index (χ0) is 19.8. The van der Waals surface area contributed by atoms with E-state index in [9.17, 15) is 4.79 Å². The summed E-state index contributed by atoms with van der Waals surface area (Å²) in [6.45, 7) is 1.14. The van der Waals surface area contributed by atoms with Crippen LogP contribution >= 0.6 is 0 Å². The van der Waals surface area contributed by atoms with E-state index in [2.05, 4.69) is 29.3 Å². The smallest absolute Gasteiger partial charge is 0.316 e. The maximum Gasteiger partial charge on any atom is 0.316 e. The maximum atomic E-state index is 11.3. The van der Waals surface area contributed by atoms with Gasteiger partial charge in [-0.15, -0.1) is 6.42 Å². The number of methoxy groups -OCH3 is 1. The Kier molecular flexibility index (Phi) is 4.62. The second-order valence-corrected chi connectivity index (χ2v) is 7.16. The number of benzene rings is 2. The number of likely N-dealkylation sites (N-methyl/N-ethyl adjacent to an activating group) is 1. The van der Waals surface area contributed by atoms with Gasteiger partial charge in [0.15, 0.2) is 11.5 Å². The third-order valence-electron chi connectivity index (χ3n) is 5.55. The summed E-state index contributed by atoms with van der Waals surface area (Å²) in [5.41, 5.74) is 11.7. The summed E-state index contributed by atoms with van der Waals surface area (Å²) in [6.07, 6.45) is 7.28. The highest BCUT2D eigenvalue weighted by Crippen LogP contribution is 2.52. The van der Waals surface area contributed by atoms with Gasteiger partial charge >= 0.3 is 6.03 Å². The standard InChI is InChI=1S/C22H23N3O3/c1-4-9-28-21-18(27-3)11-14-7-8-25(2)17-10-13-5-6-15(24-22(23)26)12-16(13)20(21)19(14)17/h1,5-6,11-12,17H,7-10H2,2-3H3,(H3,23,24,26). The molecule has 2 aliphatic rings. The molecular formula is C22H23N3O3. The number of anilines is 1. The second kappa shape index (κ2) is 7.10. The van der Waals surface area contributed by atoms with Crippen molar-refractivity contribution in [3.63, 3.8) is 0 Å². The molecule has 0 radical (unpaired) electrons. The SMILES string of the molecule is C#CCOc1c(OC)cc2c3c1-c1cc(NC(N)=O)ccc1CC3N(C)CC2. The number of nitrogens with two attached hydrogens (primary N) is 1. The van der Waals surface area contributed by atoms with Gasteiger partial charge in [0.2, 0.25) is 0 Å². The Hall–Kier alpha value is -3.17. The summed E-state index contributed by atoms with van der Waals surface area (Å²) in [5.74, 6) is 3.86. The van der Waals surface area contributed by atoms with E-state index in [1.807, 2.05) is 18.2 Å². The fourth-order valence-electron chi connectivity index (χ4n) is 4.32. The number of hydrogen-bond donors (Lipinski definition) is 2. The minimum absolute atomic E-state index is 0.150. The molecule has 0 fully saturated rings. The van der Waals surface area contributed by atoms with E-state index in [1.165, 1.54) is 16.7 Å². The van der Waals surface area contributed by atoms with Crippen LogP contribution in [0.2, 0.25) is 0 Å². The summed E-state index contributed by atoms with van der Waals surface area (Å²) in [5, 5.41) is 2.66. The highest BCUT2D eigenvalue weighted by Gasteiger charge is 2.36. The number of hydrogen-bond acceptors (Lipinski definition) is 4. The molecule has 1 unspecified atom stereocenters. The molecular weight excluding hydrogens is 354 g/mol. The summed E-state index contributed by atoms with van der Waals surface area (Å²) < 4.78 is 11.6. The zero-order valence-electron chi connectivity index (χ0n) is 16.0. The van der Waals surface area contributed by atoms with Crippen molar-refractivity contribution >= 4 is 11.7 Å². The topological polar surface area (TPSA) is 76.8 Å². The molecule has 2 aromatic carbocycles. The third kappa shape index (κ3) is 2.94. The van der Waals surface area contributed by atoms with Gasteiger partial charge in [0.1, 0.15) is 6.61 Å². The number of urea groups is 1. The summed E-state index contributed by atoms with van der Waals surface area (Å²) in [4.78, 5) is 13.7. The van der Waals surface area contributed by atoms with E-state index >= 15 is 0 Å². The van der Waals surface area contributed by atoms with E-state index in [4.69, 9.17) is 21.6 Å². The molecule has 0 spiro atoms. The monoisotopic (exact) mass is 377 g/mol. The van der Waals surface area contributed by atoms with Crippen LogP contribution in [0.3, 0.4) is 0 Å². The van der Waals surface area contributed by atoms with Crippen molar-refractivity contribution in [2.45, 2.75) is 18.9 Å². The minimum Gasteiger partial charge on any atom is -0.493 e. The van der Waals surface area contributed by atoms with Crippen LogP contribution in [0.4, 0.5) is 10.5 Å². The van der Waals surface area contributed by atoms with E-state index in [0.29, 0.717) is 17.2 Å². The summed E-state index contributed by atoms with van der Waals surface area (Å²) >= 11 is 0. The largest absolute Gasteiger partial charge is 0.493 e. The van der Waals surface area contributed by atoms with Gasteiger partial charge in [-0.1, -0.05) is 12.0 Å². The van der Waals surface area contributed by atoms with Crippen molar-refractivity contribution in [1.82, 2.24) is 4.90 Å². The Balaban J connectivity index is 1.99. The van der Waals surface area contributed by atoms with Gasteiger partial charge in [-0.05, 0) is 60.3 Å². The number of amides is 2. The number of terminal acetylenes is 1. The van der Waals surface area contributed by atoms with Crippen molar-refractivity contribution in [2.75, 3.05) is 32.6 Å². The van der Waals surface area contributed by atoms with Crippen molar-refractivity contribution in [3.05, 3.63) is 41.0 Å². The first kappa shape index (κ1) is 18.2. The van der Waals surface area contributed by atoms with Crippen LogP contribution in [0.5, 0.6) is 11.5 Å². The molecule has 4 rings (SSSR count). The number of ether oxygens (including phenoxy) is 2. The predicted octanol–water partition coefficient (Wildman–Crippen LogP) is 2.95. The first-order valence-electron chi connectivity index (χ1n) is 9.23. The van der Waals surface area contributed by atoms with Crippen molar-refractivity contribution < 1.29 is 14.3 Å². The van der Waals surface area contributed by atoms with Gasteiger partial charge in [0, 0.05) is 23.8 Å². The van der Waals surface area contributed by atoms with Crippen molar-refractivity contribution in [2.24, 2.45) is 5.73 Å². The fourth-order valence-corrected chi connectivity index (χ4v) is 4.32. The van der Waals surface area contributed by atoms with Crippen LogP contribution in [0.25, 0.3) is 11.1 Å². The molecule has 6 nitrogen and oxygen atoms in total. The lowest BCUT2D eigenvalue weighted by Crippen LogP contribution is -2.35. The van der Waals surface area contributed by atoms with Crippen LogP contribution < -0.4 is 20.5 Å². The molecule has 2 aromatic rings. The number of nitrogens with one attached hydrogen (secondary N) is 1. The van der Waals surface area contributed by atoms with Crippen molar-refractivity contribution in [3.8, 4) is 35.0 Å². The molecule has 0 aromatic heterocycles. The number of carbonyl (C=O) groups is 1. The Bertz CT molecular complexity index is 993. The number of fused-ring (bicyclic) bond motifs is 2. The highest BCUT2D eigenvalue weighted by atomic mass is 16.5. The summed E-state index contributed by atoms with van der Waals surface area (Å²) in [6, 6.07) is 7.60. The lowest BCUT2D eigenvalue weighted by molar-refractivity contribution is 0.226. The van der Waals surface area contributed by atoms with Crippen LogP contribution in [0.15, 0.2) is 24.3 Å². The van der Waals surface area contributed by atoms with Crippen LogP contribution in [0, 0.1) is 12.3 Å². The van der Waals surface area contributed by atoms with Gasteiger partial charge in [-0.25, -0.2) is 4.79 Å². The number of carbonyl (C=O) groups excluding carboxylic acids is 1. The van der Waals surface area contributed by atoms with Crippen LogP contribution in [-0.4, -0.2) is 38.2 Å². The molecule has 28 heavy (non-hydrogen) atoms. The normalized spacial score (nSPS) is 17.1. The molecule has 1 atom stereocenters. The van der Waals surface area contributed by atoms with Gasteiger partial charge in [-0.3, -0.25) is 4.90 Å². The number of primary amides is 1. The third-order valence-corrected chi connectivity index (χ3v) is 5.55. The molecule has 1 aliphatic heterocycles. The molecule has 0 bridgehead atoms.